The molecule has 1 spiro atoms. The molecule has 0 atom stereocenters. The van der Waals surface area contributed by atoms with Crippen LogP contribution in [-0.4, -0.2) is 26.2 Å². The predicted octanol–water partition coefficient (Wildman–Crippen LogP) is 3.80. The van der Waals surface area contributed by atoms with E-state index in [9.17, 15) is 9.59 Å². The highest BCUT2D eigenvalue weighted by Gasteiger charge is 2.64. The van der Waals surface area contributed by atoms with E-state index < -0.39 is 38.5 Å². The number of rotatable bonds is 1. The van der Waals surface area contributed by atoms with E-state index in [1.807, 2.05) is 24.3 Å². The first kappa shape index (κ1) is 17.1. The summed E-state index contributed by atoms with van der Waals surface area (Å²) in [6.07, 6.45) is 8.93. The van der Waals surface area contributed by atoms with Gasteiger partial charge in [-0.1, -0.05) is 45.0 Å². The number of hydrogen-bond donors (Lipinski definition) is 0. The highest BCUT2D eigenvalue weighted by Crippen LogP contribution is 2.60. The Morgan fingerprint density at radius 1 is 0.893 bits per heavy atom. The molecule has 0 amide bonds. The van der Waals surface area contributed by atoms with Crippen LogP contribution in [0.3, 0.4) is 0 Å². The van der Waals surface area contributed by atoms with Gasteiger partial charge in [0.2, 0.25) is 0 Å². The van der Waals surface area contributed by atoms with Crippen molar-refractivity contribution in [2.75, 3.05) is 0 Å². The quantitative estimate of drug-likeness (QED) is 0.451. The monoisotopic (exact) mass is 489 g/mol. The number of pyridine rings is 1. The third kappa shape index (κ3) is 2.42. The molecule has 1 aromatic carbocycles. The second kappa shape index (κ2) is 6.08. The molecule has 1 saturated heterocycles. The fraction of sp³-hybridized carbons (Fsp3) is 0.455. The summed E-state index contributed by atoms with van der Waals surface area (Å²) in [7, 11) is 0. The molecule has 4 aliphatic carbocycles. The standard InChI is InChI=1S/C22H20INO4/c25-20-19(23-18-11-24-10-14-3-1-2-4-17(14)18)21(26)28-22(27-20)15-6-12-5-13(8-15)9-16(22)7-12/h1-4,10-13,15-16H,5-9H2. The Hall–Kier alpha value is -1.83. The maximum absolute atomic E-state index is 13.0. The number of ether oxygens (including phenoxy) is 2. The minimum Gasteiger partial charge on any atom is -0.418 e. The zero-order valence-corrected chi connectivity index (χ0v) is 17.4. The zero-order valence-electron chi connectivity index (χ0n) is 15.3. The largest absolute Gasteiger partial charge is 0.418 e. The molecule has 28 heavy (non-hydrogen) atoms. The van der Waals surface area contributed by atoms with Crippen molar-refractivity contribution >= 4 is 47.0 Å². The van der Waals surface area contributed by atoms with Gasteiger partial charge in [-0.25, -0.2) is 9.59 Å². The van der Waals surface area contributed by atoms with Crippen LogP contribution in [0.2, 0.25) is 0 Å². The van der Waals surface area contributed by atoms with Gasteiger partial charge in [0, 0.05) is 33.2 Å². The average molecular weight is 489 g/mol. The number of fused-ring (bicyclic) bond motifs is 1. The first-order valence-corrected chi connectivity index (χ1v) is 12.1. The zero-order chi connectivity index (χ0) is 18.9. The van der Waals surface area contributed by atoms with E-state index in [-0.39, 0.29) is 15.3 Å². The highest BCUT2D eigenvalue weighted by molar-refractivity contribution is 14.2. The highest BCUT2D eigenvalue weighted by atomic mass is 127. The van der Waals surface area contributed by atoms with Crippen LogP contribution in [0.25, 0.3) is 10.8 Å². The Labute approximate surface area is 172 Å². The molecule has 1 aromatic heterocycles. The summed E-state index contributed by atoms with van der Waals surface area (Å²) in [5.74, 6) is -0.124. The van der Waals surface area contributed by atoms with Gasteiger partial charge in [-0.15, -0.1) is 0 Å². The van der Waals surface area contributed by atoms with Gasteiger partial charge in [-0.3, -0.25) is 4.98 Å². The Morgan fingerprint density at radius 3 is 2.21 bits per heavy atom. The Bertz CT molecular complexity index is 991. The first-order chi connectivity index (χ1) is 13.6. The van der Waals surface area contributed by atoms with Gasteiger partial charge in [0.15, 0.2) is 3.51 Å². The normalized spacial score (nSPS) is 36.1. The third-order valence-corrected chi connectivity index (χ3v) is 9.82. The second-order valence-corrected chi connectivity index (χ2v) is 11.3. The van der Waals surface area contributed by atoms with E-state index in [1.165, 1.54) is 6.42 Å². The van der Waals surface area contributed by atoms with Crippen LogP contribution < -0.4 is 0 Å². The summed E-state index contributed by atoms with van der Waals surface area (Å²) in [5.41, 5.74) is 0. The molecule has 1 aliphatic heterocycles. The second-order valence-electron chi connectivity index (χ2n) is 8.56. The molecule has 7 rings (SSSR count). The number of carbonyl (C=O) groups is 2. The van der Waals surface area contributed by atoms with Gasteiger partial charge < -0.3 is 9.47 Å². The minimum atomic E-state index is -1.03. The van der Waals surface area contributed by atoms with Gasteiger partial charge in [0.25, 0.3) is 5.79 Å². The number of halogens is 1. The number of esters is 2. The van der Waals surface area contributed by atoms with Crippen molar-refractivity contribution in [1.29, 1.82) is 0 Å². The summed E-state index contributed by atoms with van der Waals surface area (Å²) in [6, 6.07) is 7.91. The molecule has 2 heterocycles. The minimum absolute atomic E-state index is 0.177. The molecule has 0 N–H and O–H groups in total. The number of carbonyl (C=O) groups excluding carboxylic acids is 2. The summed E-state index contributed by atoms with van der Waals surface area (Å²) in [5, 5.41) is 2.05. The lowest BCUT2D eigenvalue weighted by Crippen LogP contribution is -2.65. The Balaban J connectivity index is 1.37. The van der Waals surface area contributed by atoms with Crippen LogP contribution in [0.5, 0.6) is 0 Å². The molecule has 4 saturated carbocycles. The number of hydrogen-bond acceptors (Lipinski definition) is 5. The lowest BCUT2D eigenvalue weighted by Gasteiger charge is -2.59. The lowest BCUT2D eigenvalue weighted by atomic mass is 9.53. The summed E-state index contributed by atoms with van der Waals surface area (Å²) < 4.78 is 13.1. The molecule has 2 aromatic rings. The van der Waals surface area contributed by atoms with Crippen LogP contribution >= 0.6 is 20.7 Å². The van der Waals surface area contributed by atoms with Crippen LogP contribution in [0.4, 0.5) is 0 Å². The lowest BCUT2D eigenvalue weighted by molar-refractivity contribution is -0.308. The maximum atomic E-state index is 13.0. The molecule has 4 bridgehead atoms. The fourth-order valence-electron chi connectivity index (χ4n) is 5.99. The van der Waals surface area contributed by atoms with Gasteiger partial charge >= 0.3 is 11.9 Å². The average Bonchev–Trinajstić information content (AvgIpc) is 2.68. The molecular weight excluding hydrogens is 469 g/mol. The summed E-state index contributed by atoms with van der Waals surface area (Å²) >= 11 is -1.03. The van der Waals surface area contributed by atoms with Crippen molar-refractivity contribution in [3.63, 3.8) is 0 Å². The first-order valence-electron chi connectivity index (χ1n) is 9.93. The number of nitrogens with zero attached hydrogens (tertiary/aromatic N) is 1. The van der Waals surface area contributed by atoms with E-state index >= 15 is 0 Å². The van der Waals surface area contributed by atoms with E-state index in [0.717, 1.165) is 40.0 Å². The third-order valence-electron chi connectivity index (χ3n) is 6.95. The van der Waals surface area contributed by atoms with E-state index in [4.69, 9.17) is 9.47 Å². The van der Waals surface area contributed by atoms with E-state index in [2.05, 4.69) is 4.98 Å². The maximum Gasteiger partial charge on any atom is 0.354 e. The van der Waals surface area contributed by atoms with Crippen LogP contribution in [0, 0.1) is 27.2 Å². The Kier molecular flexibility index (Phi) is 3.71. The molecule has 5 fully saturated rings. The van der Waals surface area contributed by atoms with Gasteiger partial charge in [-0.2, -0.15) is 0 Å². The van der Waals surface area contributed by atoms with Crippen LogP contribution in [-0.2, 0) is 19.1 Å². The van der Waals surface area contributed by atoms with Crippen molar-refractivity contribution in [3.8, 4) is 0 Å². The predicted molar refractivity (Wildman–Crippen MR) is 111 cm³/mol. The fourth-order valence-corrected chi connectivity index (χ4v) is 8.32. The molecule has 6 heteroatoms. The van der Waals surface area contributed by atoms with Crippen molar-refractivity contribution in [3.05, 3.63) is 40.2 Å². The number of benzene rings is 1. The topological polar surface area (TPSA) is 65.5 Å². The molecule has 144 valence electrons. The molecule has 5 nitrogen and oxygen atoms in total. The van der Waals surface area contributed by atoms with Crippen molar-refractivity contribution < 1.29 is 19.1 Å². The van der Waals surface area contributed by atoms with E-state index in [0.29, 0.717) is 11.8 Å². The SMILES string of the molecule is O=C1OC2(OC(=O)C1=Ic1cncc3ccccc13)C1CC3CC(C1)CC2C3. The van der Waals surface area contributed by atoms with Crippen molar-refractivity contribution in [2.45, 2.75) is 37.9 Å². The van der Waals surface area contributed by atoms with Gasteiger partial charge in [0.1, 0.15) is 0 Å². The van der Waals surface area contributed by atoms with E-state index in [1.54, 1.807) is 12.4 Å². The number of aromatic nitrogens is 1. The summed E-state index contributed by atoms with van der Waals surface area (Å²) in [6.45, 7) is 0. The van der Waals surface area contributed by atoms with Crippen LogP contribution in [0.1, 0.15) is 32.1 Å². The molecule has 0 unspecified atom stereocenters. The molecule has 0 radical (unpaired) electrons. The molecule has 5 aliphatic rings. The van der Waals surface area contributed by atoms with Gasteiger partial charge in [0.05, 0.1) is 0 Å². The van der Waals surface area contributed by atoms with Crippen molar-refractivity contribution in [2.24, 2.45) is 23.7 Å². The van der Waals surface area contributed by atoms with Crippen molar-refractivity contribution in [1.82, 2.24) is 4.98 Å². The Morgan fingerprint density at radius 2 is 1.54 bits per heavy atom. The summed E-state index contributed by atoms with van der Waals surface area (Å²) in [4.78, 5) is 30.3. The van der Waals surface area contributed by atoms with Crippen LogP contribution in [0.15, 0.2) is 36.7 Å². The smallest absolute Gasteiger partial charge is 0.354 e. The van der Waals surface area contributed by atoms with Gasteiger partial charge in [-0.05, 0) is 49.3 Å². The molecular formula is C22H20INO4.